The topological polar surface area (TPSA) is 25.8 Å². The molecule has 0 saturated heterocycles. The molecule has 0 N–H and O–H groups in total. The van der Waals surface area contributed by atoms with Crippen molar-refractivity contribution in [1.29, 1.82) is 0 Å². The number of hydrogen-bond acceptors (Lipinski definition) is 2. The minimum atomic E-state index is 0.954. The number of aromatic nitrogens is 2. The summed E-state index contributed by atoms with van der Waals surface area (Å²) >= 11 is 0. The van der Waals surface area contributed by atoms with Crippen LogP contribution in [-0.2, 0) is 0 Å². The summed E-state index contributed by atoms with van der Waals surface area (Å²) in [6, 6.07) is 50.1. The molecule has 2 heterocycles. The fraction of sp³-hybridized carbons (Fsp3) is 0. The molecule has 0 saturated carbocycles. The molecule has 0 unspecified atom stereocenters. The summed E-state index contributed by atoms with van der Waals surface area (Å²) in [5, 5.41) is 7.48. The van der Waals surface area contributed by atoms with E-state index >= 15 is 0 Å². The Bertz CT molecular complexity index is 2180. The monoisotopic (exact) mass is 534 g/mol. The molecule has 0 radical (unpaired) electrons. The molecule has 0 aliphatic carbocycles. The van der Waals surface area contributed by atoms with E-state index in [4.69, 9.17) is 0 Å². The molecule has 0 spiro atoms. The average molecular weight is 535 g/mol. The Morgan fingerprint density at radius 3 is 1.57 bits per heavy atom. The van der Waals surface area contributed by atoms with Crippen LogP contribution in [-0.4, -0.2) is 9.97 Å². The van der Waals surface area contributed by atoms with Crippen molar-refractivity contribution >= 4 is 32.3 Å². The maximum atomic E-state index is 4.69. The Hall–Kier alpha value is -5.60. The Kier molecular flexibility index (Phi) is 5.82. The van der Waals surface area contributed by atoms with Gasteiger partial charge in [0, 0.05) is 29.7 Å². The van der Waals surface area contributed by atoms with Gasteiger partial charge in [-0.05, 0) is 90.5 Å². The molecule has 0 aliphatic rings. The van der Waals surface area contributed by atoms with Gasteiger partial charge in [0.1, 0.15) is 0 Å². The number of fused-ring (bicyclic) bond motifs is 3. The second-order valence-electron chi connectivity index (χ2n) is 10.7. The Labute approximate surface area is 244 Å². The lowest BCUT2D eigenvalue weighted by Gasteiger charge is -2.18. The number of nitrogens with zero attached hydrogens (tertiary/aromatic N) is 2. The van der Waals surface area contributed by atoms with Crippen LogP contribution >= 0.6 is 0 Å². The van der Waals surface area contributed by atoms with Crippen molar-refractivity contribution in [3.63, 3.8) is 0 Å². The molecule has 196 valence electrons. The van der Waals surface area contributed by atoms with Gasteiger partial charge in [0.05, 0.1) is 5.69 Å². The van der Waals surface area contributed by atoms with Crippen LogP contribution in [0.5, 0.6) is 0 Å². The predicted octanol–water partition coefficient (Wildman–Crippen LogP) is 10.6. The maximum Gasteiger partial charge on any atom is 0.0708 e. The van der Waals surface area contributed by atoms with E-state index in [0.717, 1.165) is 22.4 Å². The first kappa shape index (κ1) is 24.2. The summed E-state index contributed by atoms with van der Waals surface area (Å²) in [6.45, 7) is 0. The third-order valence-electron chi connectivity index (χ3n) is 8.17. The first-order chi connectivity index (χ1) is 20.8. The van der Waals surface area contributed by atoms with Crippen molar-refractivity contribution < 1.29 is 0 Å². The molecule has 42 heavy (non-hydrogen) atoms. The van der Waals surface area contributed by atoms with Crippen LogP contribution in [0.3, 0.4) is 0 Å². The van der Waals surface area contributed by atoms with Gasteiger partial charge < -0.3 is 0 Å². The zero-order chi connectivity index (χ0) is 27.9. The van der Waals surface area contributed by atoms with Gasteiger partial charge in [-0.15, -0.1) is 0 Å². The SMILES string of the molecule is c1ccc(-c2c3ccccc3c(-c3ccc4cc(-c5cc(-c6cccnc6)ccn5)ccc4c3)c3ccccc23)cc1. The molecule has 2 aromatic heterocycles. The van der Waals surface area contributed by atoms with Crippen LogP contribution in [0.25, 0.3) is 77.0 Å². The zero-order valence-corrected chi connectivity index (χ0v) is 22.9. The zero-order valence-electron chi connectivity index (χ0n) is 22.9. The van der Waals surface area contributed by atoms with Gasteiger partial charge in [0.25, 0.3) is 0 Å². The second-order valence-corrected chi connectivity index (χ2v) is 10.7. The summed E-state index contributed by atoms with van der Waals surface area (Å²) in [5.41, 5.74) is 9.28. The standard InChI is InChI=1S/C40H26N2/c1-2-9-27(10-3-1)39-34-12-4-6-14-36(34)40(37-15-7-5-13-35(37)39)32-19-17-28-23-31(18-16-29(28)24-32)38-25-30(20-22-42-38)33-11-8-21-41-26-33/h1-26H. The summed E-state index contributed by atoms with van der Waals surface area (Å²) in [7, 11) is 0. The normalized spacial score (nSPS) is 11.3. The molecule has 8 aromatic rings. The first-order valence-electron chi connectivity index (χ1n) is 14.2. The van der Waals surface area contributed by atoms with Gasteiger partial charge in [-0.25, -0.2) is 0 Å². The molecule has 2 heteroatoms. The van der Waals surface area contributed by atoms with Crippen LogP contribution in [0.4, 0.5) is 0 Å². The van der Waals surface area contributed by atoms with Crippen LogP contribution in [0.15, 0.2) is 158 Å². The number of rotatable bonds is 4. The van der Waals surface area contributed by atoms with E-state index in [-0.39, 0.29) is 0 Å². The lowest BCUT2D eigenvalue weighted by atomic mass is 9.85. The third-order valence-corrected chi connectivity index (χ3v) is 8.17. The quantitative estimate of drug-likeness (QED) is 0.210. The lowest BCUT2D eigenvalue weighted by molar-refractivity contribution is 1.30. The van der Waals surface area contributed by atoms with Gasteiger partial charge in [0.2, 0.25) is 0 Å². The van der Waals surface area contributed by atoms with Crippen molar-refractivity contribution in [3.05, 3.63) is 158 Å². The van der Waals surface area contributed by atoms with Crippen LogP contribution in [0.2, 0.25) is 0 Å². The summed E-state index contributed by atoms with van der Waals surface area (Å²) < 4.78 is 0. The highest BCUT2D eigenvalue weighted by atomic mass is 14.7. The molecule has 8 rings (SSSR count). The van der Waals surface area contributed by atoms with E-state index in [1.165, 1.54) is 54.6 Å². The number of benzene rings is 6. The maximum absolute atomic E-state index is 4.69. The average Bonchev–Trinajstić information content (AvgIpc) is 3.07. The highest BCUT2D eigenvalue weighted by Crippen LogP contribution is 2.44. The molecule has 0 aliphatic heterocycles. The molecule has 0 amide bonds. The number of hydrogen-bond donors (Lipinski definition) is 0. The van der Waals surface area contributed by atoms with Crippen molar-refractivity contribution in [3.8, 4) is 44.6 Å². The predicted molar refractivity (Wildman–Crippen MR) is 176 cm³/mol. The van der Waals surface area contributed by atoms with Crippen molar-refractivity contribution in [2.45, 2.75) is 0 Å². The summed E-state index contributed by atoms with van der Waals surface area (Å²) in [5.74, 6) is 0. The summed E-state index contributed by atoms with van der Waals surface area (Å²) in [4.78, 5) is 8.96. The highest BCUT2D eigenvalue weighted by molar-refractivity contribution is 6.21. The van der Waals surface area contributed by atoms with E-state index in [1.807, 2.05) is 24.5 Å². The van der Waals surface area contributed by atoms with E-state index < -0.39 is 0 Å². The fourth-order valence-corrected chi connectivity index (χ4v) is 6.22. The smallest absolute Gasteiger partial charge is 0.0708 e. The molecular formula is C40H26N2. The number of pyridine rings is 2. The highest BCUT2D eigenvalue weighted by Gasteiger charge is 2.16. The third kappa shape index (κ3) is 4.13. The fourth-order valence-electron chi connectivity index (χ4n) is 6.22. The van der Waals surface area contributed by atoms with Crippen LogP contribution in [0.1, 0.15) is 0 Å². The van der Waals surface area contributed by atoms with E-state index in [1.54, 1.807) is 6.20 Å². The van der Waals surface area contributed by atoms with Gasteiger partial charge in [0.15, 0.2) is 0 Å². The van der Waals surface area contributed by atoms with Crippen LogP contribution in [0, 0.1) is 0 Å². The minimum absolute atomic E-state index is 0.954. The van der Waals surface area contributed by atoms with Crippen molar-refractivity contribution in [2.75, 3.05) is 0 Å². The first-order valence-corrected chi connectivity index (χ1v) is 14.2. The van der Waals surface area contributed by atoms with Gasteiger partial charge in [-0.3, -0.25) is 9.97 Å². The van der Waals surface area contributed by atoms with E-state index in [9.17, 15) is 0 Å². The molecular weight excluding hydrogens is 508 g/mol. The summed E-state index contributed by atoms with van der Waals surface area (Å²) in [6.07, 6.45) is 5.56. The van der Waals surface area contributed by atoms with E-state index in [2.05, 4.69) is 137 Å². The largest absolute Gasteiger partial charge is 0.264 e. The second kappa shape index (κ2) is 10.1. The molecule has 6 aromatic carbocycles. The minimum Gasteiger partial charge on any atom is -0.264 e. The van der Waals surface area contributed by atoms with Gasteiger partial charge in [-0.1, -0.05) is 109 Å². The Morgan fingerprint density at radius 1 is 0.357 bits per heavy atom. The van der Waals surface area contributed by atoms with Gasteiger partial charge in [-0.2, -0.15) is 0 Å². The van der Waals surface area contributed by atoms with Crippen LogP contribution < -0.4 is 0 Å². The Balaban J connectivity index is 1.28. The Morgan fingerprint density at radius 2 is 0.929 bits per heavy atom. The molecule has 2 nitrogen and oxygen atoms in total. The molecule has 0 bridgehead atoms. The van der Waals surface area contributed by atoms with Crippen molar-refractivity contribution in [2.24, 2.45) is 0 Å². The van der Waals surface area contributed by atoms with Gasteiger partial charge >= 0.3 is 0 Å². The lowest BCUT2D eigenvalue weighted by Crippen LogP contribution is -1.91. The molecule has 0 fully saturated rings. The molecule has 0 atom stereocenters. The van der Waals surface area contributed by atoms with E-state index in [0.29, 0.717) is 0 Å². The van der Waals surface area contributed by atoms with Crippen molar-refractivity contribution in [1.82, 2.24) is 9.97 Å².